The quantitative estimate of drug-likeness (QED) is 0.705. The van der Waals surface area contributed by atoms with E-state index in [9.17, 15) is 4.79 Å². The summed E-state index contributed by atoms with van der Waals surface area (Å²) < 4.78 is 0. The molecule has 0 amide bonds. The number of benzene rings is 1. The molecule has 1 aromatic carbocycles. The first kappa shape index (κ1) is 13.7. The molecular formula is C14H22N2O. The number of nitrogens with zero attached hydrogens (tertiary/aromatic N) is 2. The number of hydrogen-bond acceptors (Lipinski definition) is 3. The monoisotopic (exact) mass is 234 g/mol. The molecule has 0 radical (unpaired) electrons. The third kappa shape index (κ3) is 4.57. The molecule has 1 aromatic rings. The van der Waals surface area contributed by atoms with Crippen molar-refractivity contribution in [3.63, 3.8) is 0 Å². The minimum Gasteiger partial charge on any atom is -0.375 e. The van der Waals surface area contributed by atoms with Crippen LogP contribution >= 0.6 is 0 Å². The van der Waals surface area contributed by atoms with Gasteiger partial charge in [0.05, 0.1) is 0 Å². The van der Waals surface area contributed by atoms with Gasteiger partial charge in [-0.3, -0.25) is 4.79 Å². The molecule has 0 atom stereocenters. The lowest BCUT2D eigenvalue weighted by Crippen LogP contribution is -2.23. The molecule has 0 heterocycles. The predicted octanol–water partition coefficient (Wildman–Crippen LogP) is 2.28. The van der Waals surface area contributed by atoms with E-state index in [0.29, 0.717) is 0 Å². The van der Waals surface area contributed by atoms with Crippen LogP contribution in [-0.2, 0) is 0 Å². The van der Waals surface area contributed by atoms with E-state index >= 15 is 0 Å². The Morgan fingerprint density at radius 1 is 1.06 bits per heavy atom. The Morgan fingerprint density at radius 2 is 1.65 bits per heavy atom. The van der Waals surface area contributed by atoms with Gasteiger partial charge < -0.3 is 9.80 Å². The summed E-state index contributed by atoms with van der Waals surface area (Å²) in [6.45, 7) is 3.71. The van der Waals surface area contributed by atoms with Crippen molar-refractivity contribution in [2.45, 2.75) is 13.3 Å². The van der Waals surface area contributed by atoms with Gasteiger partial charge in [0, 0.05) is 24.8 Å². The van der Waals surface area contributed by atoms with E-state index in [2.05, 4.69) is 30.9 Å². The van der Waals surface area contributed by atoms with Crippen molar-refractivity contribution in [3.8, 4) is 0 Å². The summed E-state index contributed by atoms with van der Waals surface area (Å²) in [6, 6.07) is 7.79. The van der Waals surface area contributed by atoms with E-state index in [1.54, 1.807) is 6.92 Å². The van der Waals surface area contributed by atoms with E-state index < -0.39 is 0 Å². The van der Waals surface area contributed by atoms with Crippen molar-refractivity contribution in [2.24, 2.45) is 0 Å². The zero-order valence-electron chi connectivity index (χ0n) is 11.2. The molecule has 1 rings (SSSR count). The lowest BCUT2D eigenvalue weighted by Gasteiger charge is -2.20. The number of anilines is 1. The third-order valence-electron chi connectivity index (χ3n) is 2.81. The summed E-state index contributed by atoms with van der Waals surface area (Å²) >= 11 is 0. The molecule has 0 unspecified atom stereocenters. The Kier molecular flexibility index (Phi) is 5.16. The van der Waals surface area contributed by atoms with Gasteiger partial charge in [-0.2, -0.15) is 0 Å². The van der Waals surface area contributed by atoms with Gasteiger partial charge in [-0.25, -0.2) is 0 Å². The minimum atomic E-state index is 0.117. The van der Waals surface area contributed by atoms with Gasteiger partial charge in [-0.15, -0.1) is 0 Å². The van der Waals surface area contributed by atoms with Crippen LogP contribution in [0.2, 0.25) is 0 Å². The smallest absolute Gasteiger partial charge is 0.159 e. The zero-order valence-corrected chi connectivity index (χ0v) is 11.2. The van der Waals surface area contributed by atoms with Crippen LogP contribution in [0.4, 0.5) is 5.69 Å². The van der Waals surface area contributed by atoms with Crippen LogP contribution in [0.1, 0.15) is 23.7 Å². The van der Waals surface area contributed by atoms with Crippen molar-refractivity contribution in [1.29, 1.82) is 0 Å². The maximum Gasteiger partial charge on any atom is 0.159 e. The lowest BCUT2D eigenvalue weighted by molar-refractivity contribution is 0.101. The van der Waals surface area contributed by atoms with Gasteiger partial charge in [-0.05, 0) is 58.3 Å². The van der Waals surface area contributed by atoms with E-state index in [1.807, 2.05) is 24.3 Å². The van der Waals surface area contributed by atoms with Gasteiger partial charge in [0.1, 0.15) is 0 Å². The maximum atomic E-state index is 11.2. The van der Waals surface area contributed by atoms with Crippen LogP contribution in [0.25, 0.3) is 0 Å². The number of hydrogen-bond donors (Lipinski definition) is 0. The summed E-state index contributed by atoms with van der Waals surface area (Å²) in [5, 5.41) is 0. The van der Waals surface area contributed by atoms with Gasteiger partial charge >= 0.3 is 0 Å². The fourth-order valence-corrected chi connectivity index (χ4v) is 1.70. The lowest BCUT2D eigenvalue weighted by atomic mass is 10.1. The Labute approximate surface area is 104 Å². The standard InChI is InChI=1S/C14H22N2O/c1-12(17)13-6-8-14(9-7-13)16(4)11-5-10-15(2)3/h6-9H,5,10-11H2,1-4H3. The van der Waals surface area contributed by atoms with Gasteiger partial charge in [-0.1, -0.05) is 0 Å². The van der Waals surface area contributed by atoms with Crippen LogP contribution in [0.15, 0.2) is 24.3 Å². The SMILES string of the molecule is CC(=O)c1ccc(N(C)CCCN(C)C)cc1. The van der Waals surface area contributed by atoms with Crippen molar-refractivity contribution >= 4 is 11.5 Å². The van der Waals surface area contributed by atoms with E-state index in [-0.39, 0.29) is 5.78 Å². The van der Waals surface area contributed by atoms with Gasteiger partial charge in [0.2, 0.25) is 0 Å². The summed E-state index contributed by atoms with van der Waals surface area (Å²) in [5.74, 6) is 0.117. The third-order valence-corrected chi connectivity index (χ3v) is 2.81. The second-order valence-electron chi connectivity index (χ2n) is 4.68. The molecule has 0 N–H and O–H groups in total. The Hall–Kier alpha value is -1.35. The number of carbonyl (C=O) groups is 1. The highest BCUT2D eigenvalue weighted by Crippen LogP contribution is 2.14. The first-order valence-corrected chi connectivity index (χ1v) is 5.97. The molecule has 3 nitrogen and oxygen atoms in total. The van der Waals surface area contributed by atoms with Crippen molar-refractivity contribution in [3.05, 3.63) is 29.8 Å². The summed E-state index contributed by atoms with van der Waals surface area (Å²) in [5.41, 5.74) is 1.93. The molecule has 0 saturated carbocycles. The fourth-order valence-electron chi connectivity index (χ4n) is 1.70. The fraction of sp³-hybridized carbons (Fsp3) is 0.500. The molecule has 94 valence electrons. The topological polar surface area (TPSA) is 23.6 Å². The van der Waals surface area contributed by atoms with Crippen molar-refractivity contribution in [1.82, 2.24) is 4.90 Å². The van der Waals surface area contributed by atoms with Crippen molar-refractivity contribution < 1.29 is 4.79 Å². The Morgan fingerprint density at radius 3 is 2.12 bits per heavy atom. The molecule has 0 aliphatic rings. The molecule has 0 fully saturated rings. The van der Waals surface area contributed by atoms with Gasteiger partial charge in [0.15, 0.2) is 5.78 Å². The normalized spacial score (nSPS) is 10.6. The molecule has 0 saturated heterocycles. The van der Waals surface area contributed by atoms with Crippen molar-refractivity contribution in [2.75, 3.05) is 39.1 Å². The predicted molar refractivity (Wildman–Crippen MR) is 72.9 cm³/mol. The molecule has 0 aromatic heterocycles. The average Bonchev–Trinajstić information content (AvgIpc) is 2.28. The first-order chi connectivity index (χ1) is 8.00. The number of Topliss-reactive ketones (excluding diaryl/α,β-unsaturated/α-hetero) is 1. The van der Waals surface area contributed by atoms with Gasteiger partial charge in [0.25, 0.3) is 0 Å². The molecule has 0 aliphatic heterocycles. The van der Waals surface area contributed by atoms with Crippen LogP contribution in [-0.4, -0.2) is 44.9 Å². The Balaban J connectivity index is 2.51. The number of rotatable bonds is 6. The zero-order chi connectivity index (χ0) is 12.8. The highest BCUT2D eigenvalue weighted by molar-refractivity contribution is 5.94. The highest BCUT2D eigenvalue weighted by Gasteiger charge is 2.03. The summed E-state index contributed by atoms with van der Waals surface area (Å²) in [7, 11) is 6.25. The number of ketones is 1. The molecule has 0 spiro atoms. The minimum absolute atomic E-state index is 0.117. The average molecular weight is 234 g/mol. The largest absolute Gasteiger partial charge is 0.375 e. The second-order valence-corrected chi connectivity index (χ2v) is 4.68. The molecule has 0 aliphatic carbocycles. The molecule has 17 heavy (non-hydrogen) atoms. The summed E-state index contributed by atoms with van der Waals surface area (Å²) in [4.78, 5) is 15.6. The molecule has 3 heteroatoms. The highest BCUT2D eigenvalue weighted by atomic mass is 16.1. The van der Waals surface area contributed by atoms with Crippen LogP contribution < -0.4 is 4.90 Å². The molecule has 0 bridgehead atoms. The van der Waals surface area contributed by atoms with E-state index in [0.717, 1.165) is 30.8 Å². The second kappa shape index (κ2) is 6.40. The van der Waals surface area contributed by atoms with Crippen LogP contribution in [0.5, 0.6) is 0 Å². The van der Waals surface area contributed by atoms with Crippen LogP contribution in [0, 0.1) is 0 Å². The van der Waals surface area contributed by atoms with E-state index in [4.69, 9.17) is 0 Å². The maximum absolute atomic E-state index is 11.2. The molecular weight excluding hydrogens is 212 g/mol. The van der Waals surface area contributed by atoms with Crippen LogP contribution in [0.3, 0.4) is 0 Å². The Bertz CT molecular complexity index is 357. The first-order valence-electron chi connectivity index (χ1n) is 5.97. The van der Waals surface area contributed by atoms with E-state index in [1.165, 1.54) is 0 Å². The summed E-state index contributed by atoms with van der Waals surface area (Å²) in [6.07, 6.45) is 1.14. The number of carbonyl (C=O) groups excluding carboxylic acids is 1.